The van der Waals surface area contributed by atoms with Crippen molar-refractivity contribution in [2.75, 3.05) is 26.8 Å². The zero-order valence-corrected chi connectivity index (χ0v) is 23.3. The smallest absolute Gasteiger partial charge is 0.261 e. The van der Waals surface area contributed by atoms with Crippen LogP contribution in [0.2, 0.25) is 0 Å². The molecule has 0 bridgehead atoms. The van der Waals surface area contributed by atoms with Crippen LogP contribution in [-0.2, 0) is 27.4 Å². The van der Waals surface area contributed by atoms with Crippen LogP contribution in [0.4, 0.5) is 0 Å². The molecule has 3 heterocycles. The first-order chi connectivity index (χ1) is 20.0. The molecule has 3 aliphatic rings. The average molecular weight is 557 g/mol. The van der Waals surface area contributed by atoms with E-state index in [-0.39, 0.29) is 37.2 Å². The number of imide groups is 1. The minimum atomic E-state index is -0.562. The minimum absolute atomic E-state index is 0.00305. The minimum Gasteiger partial charge on any atom is -0.392 e. The van der Waals surface area contributed by atoms with Crippen molar-refractivity contribution in [1.29, 1.82) is 0 Å². The van der Waals surface area contributed by atoms with Gasteiger partial charge in [0.25, 0.3) is 11.8 Å². The van der Waals surface area contributed by atoms with Crippen LogP contribution in [0.1, 0.15) is 74.6 Å². The Balaban J connectivity index is 1.19. The highest BCUT2D eigenvalue weighted by molar-refractivity contribution is 6.21. The number of amides is 2. The Morgan fingerprint density at radius 1 is 0.878 bits per heavy atom. The number of aliphatic hydroxyl groups is 1. The van der Waals surface area contributed by atoms with Gasteiger partial charge < -0.3 is 19.3 Å². The summed E-state index contributed by atoms with van der Waals surface area (Å²) in [6.07, 6.45) is 2.25. The predicted octanol–water partition coefficient (Wildman–Crippen LogP) is 4.63. The molecule has 41 heavy (non-hydrogen) atoms. The van der Waals surface area contributed by atoms with Gasteiger partial charge in [-0.25, -0.2) is 0 Å². The van der Waals surface area contributed by atoms with Crippen molar-refractivity contribution in [2.24, 2.45) is 0 Å². The molecule has 8 nitrogen and oxygen atoms in total. The normalized spacial score (nSPS) is 24.7. The van der Waals surface area contributed by atoms with Gasteiger partial charge in [0.05, 0.1) is 43.1 Å². The molecular formula is C33H36N2O6. The molecule has 2 amide bonds. The number of ether oxygens (including phenoxy) is 3. The second-order valence-electron chi connectivity index (χ2n) is 11.1. The van der Waals surface area contributed by atoms with Crippen LogP contribution in [0.15, 0.2) is 72.8 Å². The maximum atomic E-state index is 12.8. The van der Waals surface area contributed by atoms with E-state index in [1.165, 1.54) is 4.90 Å². The van der Waals surface area contributed by atoms with Crippen molar-refractivity contribution in [3.05, 3.63) is 106 Å². The third kappa shape index (κ3) is 5.84. The lowest BCUT2D eigenvalue weighted by Gasteiger charge is -2.38. The fraction of sp³-hybridized carbons (Fsp3) is 0.394. The summed E-state index contributed by atoms with van der Waals surface area (Å²) in [5, 5.41) is 9.48. The standard InChI is InChI=1S/C33H36N2O6/c1-39-21-26-5-4-16-34(26)19-27-17-30(24-12-10-23(20-36)11-13-24)41-33(40-27)25-14-8-22(9-15-25)18-35-31(37)28-6-2-3-7-29(28)32(35)38/h2-3,6-15,26-27,30,33,36H,4-5,16-21H2,1H3. The molecule has 2 fully saturated rings. The molecule has 0 saturated carbocycles. The van der Waals surface area contributed by atoms with E-state index in [4.69, 9.17) is 14.2 Å². The van der Waals surface area contributed by atoms with E-state index in [0.29, 0.717) is 23.8 Å². The van der Waals surface area contributed by atoms with E-state index in [2.05, 4.69) is 4.90 Å². The predicted molar refractivity (Wildman–Crippen MR) is 152 cm³/mol. The highest BCUT2D eigenvalue weighted by atomic mass is 16.7. The van der Waals surface area contributed by atoms with E-state index < -0.39 is 6.29 Å². The third-order valence-electron chi connectivity index (χ3n) is 8.38. The summed E-state index contributed by atoms with van der Waals surface area (Å²) in [6, 6.07) is 23.0. The molecule has 1 N–H and O–H groups in total. The average Bonchev–Trinajstić information content (AvgIpc) is 3.55. The Morgan fingerprint density at radius 3 is 2.20 bits per heavy atom. The monoisotopic (exact) mass is 556 g/mol. The van der Waals surface area contributed by atoms with Gasteiger partial charge in [0.2, 0.25) is 0 Å². The first-order valence-corrected chi connectivity index (χ1v) is 14.3. The summed E-state index contributed by atoms with van der Waals surface area (Å²) >= 11 is 0. The van der Waals surface area contributed by atoms with Gasteiger partial charge >= 0.3 is 0 Å². The summed E-state index contributed by atoms with van der Waals surface area (Å²) in [5.41, 5.74) is 4.56. The molecule has 3 aromatic carbocycles. The van der Waals surface area contributed by atoms with Gasteiger partial charge in [-0.1, -0.05) is 60.7 Å². The molecule has 3 aliphatic heterocycles. The van der Waals surface area contributed by atoms with Crippen LogP contribution in [0.5, 0.6) is 0 Å². The number of fused-ring (bicyclic) bond motifs is 1. The Kier molecular flexibility index (Phi) is 8.27. The zero-order valence-electron chi connectivity index (χ0n) is 23.3. The van der Waals surface area contributed by atoms with Crippen molar-refractivity contribution in [3.8, 4) is 0 Å². The quantitative estimate of drug-likeness (QED) is 0.385. The summed E-state index contributed by atoms with van der Waals surface area (Å²) in [6.45, 7) is 2.76. The second kappa shape index (κ2) is 12.2. The topological polar surface area (TPSA) is 88.5 Å². The van der Waals surface area contributed by atoms with Gasteiger partial charge in [-0.05, 0) is 48.2 Å². The van der Waals surface area contributed by atoms with Gasteiger partial charge in [-0.2, -0.15) is 0 Å². The molecule has 0 radical (unpaired) electrons. The molecule has 4 unspecified atom stereocenters. The van der Waals surface area contributed by atoms with Gasteiger partial charge in [-0.15, -0.1) is 0 Å². The van der Waals surface area contributed by atoms with Crippen molar-refractivity contribution in [2.45, 2.75) is 57.0 Å². The molecular weight excluding hydrogens is 520 g/mol. The van der Waals surface area contributed by atoms with Crippen molar-refractivity contribution >= 4 is 11.8 Å². The Morgan fingerprint density at radius 2 is 1.54 bits per heavy atom. The number of hydrogen-bond acceptors (Lipinski definition) is 7. The number of rotatable bonds is 9. The Hall–Kier alpha value is -3.40. The number of benzene rings is 3. The van der Waals surface area contributed by atoms with E-state index in [9.17, 15) is 14.7 Å². The number of aliphatic hydroxyl groups excluding tert-OH is 1. The second-order valence-corrected chi connectivity index (χ2v) is 11.1. The summed E-state index contributed by atoms with van der Waals surface area (Å²) in [5.74, 6) is -0.527. The van der Waals surface area contributed by atoms with E-state index >= 15 is 0 Å². The van der Waals surface area contributed by atoms with Crippen LogP contribution in [-0.4, -0.2) is 65.7 Å². The molecule has 0 aromatic heterocycles. The molecule has 0 aliphatic carbocycles. The van der Waals surface area contributed by atoms with E-state index in [1.54, 1.807) is 31.4 Å². The van der Waals surface area contributed by atoms with Gasteiger partial charge in [0.1, 0.15) is 0 Å². The zero-order chi connectivity index (χ0) is 28.3. The lowest BCUT2D eigenvalue weighted by Crippen LogP contribution is -2.42. The molecule has 0 spiro atoms. The lowest BCUT2D eigenvalue weighted by atomic mass is 9.99. The Bertz CT molecular complexity index is 1340. The highest BCUT2D eigenvalue weighted by Gasteiger charge is 2.37. The third-order valence-corrected chi connectivity index (χ3v) is 8.38. The molecule has 8 heteroatoms. The lowest BCUT2D eigenvalue weighted by molar-refractivity contribution is -0.253. The van der Waals surface area contributed by atoms with Gasteiger partial charge in [-0.3, -0.25) is 19.4 Å². The van der Waals surface area contributed by atoms with E-state index in [1.807, 2.05) is 48.5 Å². The number of hydrogen-bond donors (Lipinski definition) is 1. The largest absolute Gasteiger partial charge is 0.392 e. The molecule has 6 rings (SSSR count). The molecule has 214 valence electrons. The maximum Gasteiger partial charge on any atom is 0.261 e. The van der Waals surface area contributed by atoms with Crippen LogP contribution in [0, 0.1) is 0 Å². The number of carbonyl (C=O) groups excluding carboxylic acids is 2. The summed E-state index contributed by atoms with van der Waals surface area (Å²) in [4.78, 5) is 29.4. The van der Waals surface area contributed by atoms with Crippen LogP contribution in [0.3, 0.4) is 0 Å². The fourth-order valence-electron chi connectivity index (χ4n) is 6.16. The summed E-state index contributed by atoms with van der Waals surface area (Å²) < 4.78 is 18.5. The number of nitrogens with zero attached hydrogens (tertiary/aromatic N) is 2. The first-order valence-electron chi connectivity index (χ1n) is 14.3. The first kappa shape index (κ1) is 27.8. The SMILES string of the molecule is COCC1CCCN1CC1CC(c2ccc(CO)cc2)OC(c2ccc(CN3C(=O)c4ccccc4C3=O)cc2)O1. The fourth-order valence-corrected chi connectivity index (χ4v) is 6.16. The molecule has 4 atom stereocenters. The maximum absolute atomic E-state index is 12.8. The Labute approximate surface area is 240 Å². The number of carbonyl (C=O) groups is 2. The van der Waals surface area contributed by atoms with Gasteiger partial charge in [0, 0.05) is 31.7 Å². The van der Waals surface area contributed by atoms with Crippen molar-refractivity contribution in [1.82, 2.24) is 9.80 Å². The number of likely N-dealkylation sites (tertiary alicyclic amines) is 1. The molecule has 2 saturated heterocycles. The van der Waals surface area contributed by atoms with Crippen LogP contribution < -0.4 is 0 Å². The van der Waals surface area contributed by atoms with Gasteiger partial charge in [0.15, 0.2) is 6.29 Å². The highest BCUT2D eigenvalue weighted by Crippen LogP contribution is 2.39. The molecule has 3 aromatic rings. The van der Waals surface area contributed by atoms with Crippen LogP contribution in [0.25, 0.3) is 0 Å². The van der Waals surface area contributed by atoms with E-state index in [0.717, 1.165) is 54.6 Å². The van der Waals surface area contributed by atoms with Crippen molar-refractivity contribution < 1.29 is 28.9 Å². The number of methoxy groups -OCH3 is 1. The summed E-state index contributed by atoms with van der Waals surface area (Å²) in [7, 11) is 1.75. The van der Waals surface area contributed by atoms with Crippen molar-refractivity contribution in [3.63, 3.8) is 0 Å². The van der Waals surface area contributed by atoms with Crippen LogP contribution >= 0.6 is 0 Å².